The molecule has 2 aliphatic rings. The lowest BCUT2D eigenvalue weighted by Crippen LogP contribution is -2.38. The highest BCUT2D eigenvalue weighted by atomic mass is 19.4. The summed E-state index contributed by atoms with van der Waals surface area (Å²) < 4.78 is 45.3. The summed E-state index contributed by atoms with van der Waals surface area (Å²) in [7, 11) is 0. The Hall–Kier alpha value is -2.46. The van der Waals surface area contributed by atoms with Crippen molar-refractivity contribution in [1.82, 2.24) is 20.5 Å². The van der Waals surface area contributed by atoms with Crippen LogP contribution in [0.3, 0.4) is 0 Å². The van der Waals surface area contributed by atoms with Gasteiger partial charge in [0.2, 0.25) is 5.89 Å². The first-order valence-electron chi connectivity index (χ1n) is 10.0. The van der Waals surface area contributed by atoms with Gasteiger partial charge in [0.1, 0.15) is 11.6 Å². The molecule has 2 aromatic heterocycles. The molecule has 1 saturated heterocycles. The van der Waals surface area contributed by atoms with Crippen LogP contribution in [-0.4, -0.2) is 45.3 Å². The minimum absolute atomic E-state index is 0.0182. The van der Waals surface area contributed by atoms with E-state index in [0.717, 1.165) is 0 Å². The second-order valence-corrected chi connectivity index (χ2v) is 7.91. The zero-order valence-corrected chi connectivity index (χ0v) is 16.3. The first-order chi connectivity index (χ1) is 14.3. The number of alkyl halides is 3. The molecule has 4 rings (SSSR count). The summed E-state index contributed by atoms with van der Waals surface area (Å²) in [5.41, 5.74) is 0.0139. The van der Waals surface area contributed by atoms with Crippen molar-refractivity contribution in [3.05, 3.63) is 36.9 Å². The number of pyridine rings is 1. The van der Waals surface area contributed by atoms with Crippen molar-refractivity contribution in [1.29, 1.82) is 0 Å². The Morgan fingerprint density at radius 2 is 2.17 bits per heavy atom. The lowest BCUT2D eigenvalue weighted by molar-refractivity contribution is -0.182. The summed E-state index contributed by atoms with van der Waals surface area (Å²) >= 11 is 0. The van der Waals surface area contributed by atoms with Crippen LogP contribution in [-0.2, 0) is 5.41 Å². The van der Waals surface area contributed by atoms with Crippen molar-refractivity contribution in [2.24, 2.45) is 5.92 Å². The molecular formula is C20H24F3N5O2. The second-order valence-electron chi connectivity index (χ2n) is 7.91. The van der Waals surface area contributed by atoms with Gasteiger partial charge in [0.25, 0.3) is 5.89 Å². The molecule has 30 heavy (non-hydrogen) atoms. The maximum atomic E-state index is 13.1. The molecule has 0 amide bonds. The molecular weight excluding hydrogens is 399 g/mol. The Kier molecular flexibility index (Phi) is 5.54. The molecule has 1 aliphatic carbocycles. The quantitative estimate of drug-likeness (QED) is 0.635. The fourth-order valence-electron chi connectivity index (χ4n) is 4.30. The summed E-state index contributed by atoms with van der Waals surface area (Å²) in [5, 5.41) is 24.6. The number of nitrogens with zero attached hydrogens (tertiary/aromatic N) is 3. The van der Waals surface area contributed by atoms with Crippen molar-refractivity contribution in [2.75, 3.05) is 11.9 Å². The number of halogens is 3. The molecule has 10 heteroatoms. The van der Waals surface area contributed by atoms with Crippen LogP contribution >= 0.6 is 0 Å². The minimum atomic E-state index is -4.19. The van der Waals surface area contributed by atoms with E-state index in [1.807, 2.05) is 0 Å². The van der Waals surface area contributed by atoms with Gasteiger partial charge in [0.05, 0.1) is 11.6 Å². The highest BCUT2D eigenvalue weighted by Gasteiger charge is 2.46. The highest BCUT2D eigenvalue weighted by Crippen LogP contribution is 2.40. The number of aliphatic hydroxyl groups excluding tert-OH is 1. The van der Waals surface area contributed by atoms with E-state index >= 15 is 0 Å². The smallest absolute Gasteiger partial charge is 0.391 e. The van der Waals surface area contributed by atoms with Crippen LogP contribution in [0.5, 0.6) is 0 Å². The van der Waals surface area contributed by atoms with E-state index in [0.29, 0.717) is 37.2 Å². The zero-order chi connectivity index (χ0) is 21.4. The standard InChI is InChI=1S/C20H24F3N5O2/c1-2-19(8-10-25-17(19)29)18-28-27-16(30-18)15-14(7-4-9-24-15)26-13-6-3-5-12(11-13)20(21,22)23/h2,4,7,9,12-13,17,25-26,29H,1,3,5-6,8,10-11H2/t12-,13+,17?,19-/m1/s1. The molecule has 2 fully saturated rings. The van der Waals surface area contributed by atoms with Crippen molar-refractivity contribution < 1.29 is 22.7 Å². The fourth-order valence-corrected chi connectivity index (χ4v) is 4.30. The van der Waals surface area contributed by atoms with Gasteiger partial charge >= 0.3 is 6.18 Å². The lowest BCUT2D eigenvalue weighted by atomic mass is 9.85. The molecule has 1 aliphatic heterocycles. The molecule has 1 unspecified atom stereocenters. The van der Waals surface area contributed by atoms with E-state index in [4.69, 9.17) is 4.42 Å². The van der Waals surface area contributed by atoms with Crippen LogP contribution in [0.2, 0.25) is 0 Å². The number of hydrogen-bond acceptors (Lipinski definition) is 7. The van der Waals surface area contributed by atoms with Gasteiger partial charge in [-0.2, -0.15) is 13.2 Å². The summed E-state index contributed by atoms with van der Waals surface area (Å²) in [6, 6.07) is 3.11. The summed E-state index contributed by atoms with van der Waals surface area (Å²) in [4.78, 5) is 4.30. The van der Waals surface area contributed by atoms with Gasteiger partial charge in [0, 0.05) is 12.2 Å². The predicted molar refractivity (Wildman–Crippen MR) is 103 cm³/mol. The van der Waals surface area contributed by atoms with Crippen LogP contribution in [0.1, 0.15) is 38.0 Å². The molecule has 162 valence electrons. The Morgan fingerprint density at radius 1 is 1.33 bits per heavy atom. The Balaban J connectivity index is 1.57. The minimum Gasteiger partial charge on any atom is -0.418 e. The third-order valence-corrected chi connectivity index (χ3v) is 6.06. The van der Waals surface area contributed by atoms with Gasteiger partial charge in [-0.05, 0) is 44.4 Å². The van der Waals surface area contributed by atoms with Gasteiger partial charge in [0.15, 0.2) is 5.69 Å². The van der Waals surface area contributed by atoms with Crippen molar-refractivity contribution in [2.45, 2.75) is 56.0 Å². The molecule has 1 saturated carbocycles. The monoisotopic (exact) mass is 423 g/mol. The number of anilines is 1. The Labute approximate surface area is 171 Å². The van der Waals surface area contributed by atoms with Crippen molar-refractivity contribution in [3.8, 4) is 11.6 Å². The topological polar surface area (TPSA) is 96.1 Å². The molecule has 3 heterocycles. The first kappa shape index (κ1) is 20.8. The average molecular weight is 423 g/mol. The predicted octanol–water partition coefficient (Wildman–Crippen LogP) is 3.40. The Bertz CT molecular complexity index is 903. The SMILES string of the molecule is C=C[C@@]1(c2nnc(-c3ncccc3N[C@H]3CCC[C@@H](C(F)(F)F)C3)o2)CCNC1O. The largest absolute Gasteiger partial charge is 0.418 e. The third kappa shape index (κ3) is 3.81. The van der Waals surface area contributed by atoms with E-state index < -0.39 is 23.7 Å². The fraction of sp³-hybridized carbons (Fsp3) is 0.550. The number of hydrogen-bond donors (Lipinski definition) is 3. The van der Waals surface area contributed by atoms with E-state index in [-0.39, 0.29) is 30.7 Å². The number of nitrogens with one attached hydrogen (secondary N) is 2. The van der Waals surface area contributed by atoms with E-state index in [1.54, 1.807) is 24.4 Å². The van der Waals surface area contributed by atoms with Crippen molar-refractivity contribution in [3.63, 3.8) is 0 Å². The number of aromatic nitrogens is 3. The van der Waals surface area contributed by atoms with Crippen LogP contribution in [0.25, 0.3) is 11.6 Å². The molecule has 7 nitrogen and oxygen atoms in total. The molecule has 0 spiro atoms. The molecule has 4 atom stereocenters. The van der Waals surface area contributed by atoms with Crippen molar-refractivity contribution >= 4 is 5.69 Å². The summed E-state index contributed by atoms with van der Waals surface area (Å²) in [6.45, 7) is 4.37. The molecule has 2 aromatic rings. The van der Waals surface area contributed by atoms with Crippen LogP contribution < -0.4 is 10.6 Å². The van der Waals surface area contributed by atoms with E-state index in [1.165, 1.54) is 0 Å². The van der Waals surface area contributed by atoms with Gasteiger partial charge in [-0.25, -0.2) is 4.98 Å². The van der Waals surface area contributed by atoms with Crippen LogP contribution in [0, 0.1) is 5.92 Å². The van der Waals surface area contributed by atoms with Gasteiger partial charge in [-0.1, -0.05) is 12.5 Å². The highest BCUT2D eigenvalue weighted by molar-refractivity contribution is 5.68. The average Bonchev–Trinajstić information content (AvgIpc) is 3.35. The van der Waals surface area contributed by atoms with Crippen LogP contribution in [0.15, 0.2) is 35.4 Å². The maximum absolute atomic E-state index is 13.1. The number of rotatable bonds is 5. The third-order valence-electron chi connectivity index (χ3n) is 6.06. The number of aliphatic hydroxyl groups is 1. The summed E-state index contributed by atoms with van der Waals surface area (Å²) in [6.07, 6.45) is -0.0555. The zero-order valence-electron chi connectivity index (χ0n) is 16.3. The lowest BCUT2D eigenvalue weighted by Gasteiger charge is -2.31. The summed E-state index contributed by atoms with van der Waals surface area (Å²) in [5.74, 6) is -0.948. The first-order valence-corrected chi connectivity index (χ1v) is 10.0. The van der Waals surface area contributed by atoms with Gasteiger partial charge in [-0.15, -0.1) is 16.8 Å². The maximum Gasteiger partial charge on any atom is 0.391 e. The molecule has 3 N–H and O–H groups in total. The van der Waals surface area contributed by atoms with E-state index in [9.17, 15) is 18.3 Å². The molecule has 0 bridgehead atoms. The van der Waals surface area contributed by atoms with Gasteiger partial charge < -0.3 is 14.8 Å². The van der Waals surface area contributed by atoms with Crippen LogP contribution in [0.4, 0.5) is 18.9 Å². The van der Waals surface area contributed by atoms with Gasteiger partial charge in [-0.3, -0.25) is 5.32 Å². The molecule has 0 aromatic carbocycles. The van der Waals surface area contributed by atoms with E-state index in [2.05, 4.69) is 32.4 Å². The molecule has 0 radical (unpaired) electrons. The Morgan fingerprint density at radius 3 is 2.87 bits per heavy atom. The second kappa shape index (κ2) is 7.99. The normalized spacial score (nSPS) is 29.7.